The Morgan fingerprint density at radius 2 is 0.923 bits per heavy atom. The summed E-state index contributed by atoms with van der Waals surface area (Å²) < 4.78 is 0. The van der Waals surface area contributed by atoms with Crippen molar-refractivity contribution in [2.45, 2.75) is 11.0 Å². The zero-order valence-corrected chi connectivity index (χ0v) is 21.2. The zero-order chi connectivity index (χ0) is 26.3. The van der Waals surface area contributed by atoms with Crippen LogP contribution in [-0.2, 0) is 20.6 Å². The standard InChI is InChI=1S/C36H25NO2/c38-34-31(26-16-6-1-7-17-26)32(27-18-8-2-9-19-27)36(30-24-14-5-15-25-30)35(34,29-22-12-4-13-23-29)33(37-39-36)28-20-10-3-11-21-28/h1-25H/t35-,36+/m0/s1. The minimum Gasteiger partial charge on any atom is -0.377 e. The van der Waals surface area contributed by atoms with Crippen LogP contribution in [0.4, 0.5) is 0 Å². The average Bonchev–Trinajstić information content (AvgIpc) is 3.49. The second-order valence-electron chi connectivity index (χ2n) is 9.87. The maximum absolute atomic E-state index is 15.4. The number of Topliss-reactive ketones (excluding diaryl/α,β-unsaturated/α-hetero) is 1. The molecule has 5 aromatic rings. The monoisotopic (exact) mass is 503 g/mol. The van der Waals surface area contributed by atoms with Crippen molar-refractivity contribution < 1.29 is 9.63 Å². The fourth-order valence-corrected chi connectivity index (χ4v) is 6.34. The highest BCUT2D eigenvalue weighted by atomic mass is 16.7. The molecule has 1 aliphatic carbocycles. The number of oxime groups is 1. The Morgan fingerprint density at radius 3 is 1.46 bits per heavy atom. The Hall–Kier alpha value is -5.02. The Labute approximate surface area is 227 Å². The van der Waals surface area contributed by atoms with E-state index >= 15 is 4.79 Å². The molecule has 0 bridgehead atoms. The van der Waals surface area contributed by atoms with Crippen LogP contribution in [-0.4, -0.2) is 11.5 Å². The SMILES string of the molecule is O=C1C(c2ccccc2)=C(c2ccccc2)[C@@]2(c3ccccc3)ON=C(c3ccccc3)[C@@]12c1ccccc1. The van der Waals surface area contributed by atoms with Gasteiger partial charge < -0.3 is 4.84 Å². The van der Waals surface area contributed by atoms with Gasteiger partial charge in [-0.1, -0.05) is 157 Å². The smallest absolute Gasteiger partial charge is 0.211 e. The van der Waals surface area contributed by atoms with Crippen molar-refractivity contribution in [1.29, 1.82) is 0 Å². The molecule has 0 spiro atoms. The van der Waals surface area contributed by atoms with Gasteiger partial charge in [0.2, 0.25) is 5.60 Å². The number of nitrogens with zero attached hydrogens (tertiary/aromatic N) is 1. The first-order chi connectivity index (χ1) is 19.3. The molecule has 1 aliphatic heterocycles. The number of rotatable bonds is 5. The van der Waals surface area contributed by atoms with Crippen LogP contribution in [0.2, 0.25) is 0 Å². The highest BCUT2D eigenvalue weighted by molar-refractivity contribution is 6.46. The van der Waals surface area contributed by atoms with E-state index in [9.17, 15) is 0 Å². The molecule has 0 aromatic heterocycles. The molecule has 2 atom stereocenters. The molecule has 2 aliphatic rings. The van der Waals surface area contributed by atoms with Crippen LogP contribution in [0, 0.1) is 0 Å². The van der Waals surface area contributed by atoms with E-state index in [-0.39, 0.29) is 5.78 Å². The summed E-state index contributed by atoms with van der Waals surface area (Å²) in [5, 5.41) is 4.80. The van der Waals surface area contributed by atoms with E-state index in [1.807, 2.05) is 140 Å². The van der Waals surface area contributed by atoms with Gasteiger partial charge in [-0.3, -0.25) is 4.79 Å². The fourth-order valence-electron chi connectivity index (χ4n) is 6.34. The first-order valence-electron chi connectivity index (χ1n) is 13.1. The van der Waals surface area contributed by atoms with Gasteiger partial charge in [0.15, 0.2) is 11.2 Å². The van der Waals surface area contributed by atoms with E-state index in [1.54, 1.807) is 0 Å². The van der Waals surface area contributed by atoms with Crippen LogP contribution in [0.25, 0.3) is 11.1 Å². The highest BCUT2D eigenvalue weighted by Crippen LogP contribution is 2.65. The minimum atomic E-state index is -1.26. The van der Waals surface area contributed by atoms with Crippen molar-refractivity contribution in [2.24, 2.45) is 5.16 Å². The molecule has 3 nitrogen and oxygen atoms in total. The lowest BCUT2D eigenvalue weighted by molar-refractivity contribution is -0.121. The van der Waals surface area contributed by atoms with E-state index in [1.165, 1.54) is 0 Å². The van der Waals surface area contributed by atoms with E-state index in [0.29, 0.717) is 11.3 Å². The van der Waals surface area contributed by atoms with Crippen LogP contribution in [0.15, 0.2) is 157 Å². The first kappa shape index (κ1) is 23.1. The third-order valence-corrected chi connectivity index (χ3v) is 7.89. The Bertz CT molecular complexity index is 1710. The summed E-state index contributed by atoms with van der Waals surface area (Å²) >= 11 is 0. The maximum Gasteiger partial charge on any atom is 0.211 e. The molecule has 0 fully saturated rings. The topological polar surface area (TPSA) is 38.7 Å². The van der Waals surface area contributed by atoms with Crippen molar-refractivity contribution in [2.75, 3.05) is 0 Å². The van der Waals surface area contributed by atoms with Crippen LogP contribution in [0.3, 0.4) is 0 Å². The first-order valence-corrected chi connectivity index (χ1v) is 13.1. The number of carbonyl (C=O) groups is 1. The quantitative estimate of drug-likeness (QED) is 0.250. The average molecular weight is 504 g/mol. The van der Waals surface area contributed by atoms with Gasteiger partial charge in [0.25, 0.3) is 0 Å². The highest BCUT2D eigenvalue weighted by Gasteiger charge is 2.74. The summed E-state index contributed by atoms with van der Waals surface area (Å²) in [6, 6.07) is 50.0. The molecule has 39 heavy (non-hydrogen) atoms. The second kappa shape index (κ2) is 9.07. The predicted octanol–water partition coefficient (Wildman–Crippen LogP) is 7.45. The Kier molecular flexibility index (Phi) is 5.38. The normalized spacial score (nSPS) is 21.8. The van der Waals surface area contributed by atoms with E-state index in [2.05, 4.69) is 12.1 Å². The molecule has 0 unspecified atom stereocenters. The molecule has 0 saturated heterocycles. The van der Waals surface area contributed by atoms with Crippen molar-refractivity contribution in [1.82, 2.24) is 0 Å². The van der Waals surface area contributed by atoms with Gasteiger partial charge in [0.05, 0.1) is 0 Å². The number of benzene rings is 5. The fraction of sp³-hybridized carbons (Fsp3) is 0.0556. The van der Waals surface area contributed by atoms with Gasteiger partial charge in [-0.2, -0.15) is 0 Å². The van der Waals surface area contributed by atoms with Crippen LogP contribution < -0.4 is 0 Å². The van der Waals surface area contributed by atoms with Gasteiger partial charge in [-0.15, -0.1) is 0 Å². The molecular formula is C36H25NO2. The molecule has 3 heteroatoms. The number of hydrogen-bond donors (Lipinski definition) is 0. The van der Waals surface area contributed by atoms with Gasteiger partial charge in [-0.05, 0) is 16.7 Å². The van der Waals surface area contributed by atoms with Crippen LogP contribution >= 0.6 is 0 Å². The lowest BCUT2D eigenvalue weighted by Crippen LogP contribution is -2.53. The summed E-state index contributed by atoms with van der Waals surface area (Å²) in [5.41, 5.74) is 3.96. The van der Waals surface area contributed by atoms with Crippen LogP contribution in [0.5, 0.6) is 0 Å². The molecule has 186 valence electrons. The van der Waals surface area contributed by atoms with Crippen LogP contribution in [0.1, 0.15) is 27.8 Å². The summed E-state index contributed by atoms with van der Waals surface area (Å²) in [5.74, 6) is -0.0253. The lowest BCUT2D eigenvalue weighted by atomic mass is 9.59. The lowest BCUT2D eigenvalue weighted by Gasteiger charge is -2.40. The molecule has 0 amide bonds. The molecule has 0 radical (unpaired) electrons. The number of hydrogen-bond acceptors (Lipinski definition) is 3. The van der Waals surface area contributed by atoms with Gasteiger partial charge in [0.1, 0.15) is 5.71 Å². The Balaban J connectivity index is 1.67. The molecular weight excluding hydrogens is 478 g/mol. The third kappa shape index (κ3) is 3.17. The largest absolute Gasteiger partial charge is 0.377 e. The molecule has 0 N–H and O–H groups in total. The number of allylic oxidation sites excluding steroid dienone is 1. The Morgan fingerprint density at radius 1 is 0.487 bits per heavy atom. The summed E-state index contributed by atoms with van der Waals surface area (Å²) in [6.45, 7) is 0. The van der Waals surface area contributed by atoms with Crippen molar-refractivity contribution in [3.05, 3.63) is 179 Å². The van der Waals surface area contributed by atoms with Crippen molar-refractivity contribution in [3.8, 4) is 0 Å². The van der Waals surface area contributed by atoms with E-state index in [4.69, 9.17) is 9.99 Å². The zero-order valence-electron chi connectivity index (χ0n) is 21.2. The molecule has 1 heterocycles. The number of fused-ring (bicyclic) bond motifs is 1. The van der Waals surface area contributed by atoms with E-state index < -0.39 is 11.0 Å². The van der Waals surface area contributed by atoms with Crippen molar-refractivity contribution >= 4 is 22.6 Å². The maximum atomic E-state index is 15.4. The van der Waals surface area contributed by atoms with Gasteiger partial charge in [-0.25, -0.2) is 0 Å². The number of carbonyl (C=O) groups excluding carboxylic acids is 1. The summed E-state index contributed by atoms with van der Waals surface area (Å²) in [6.07, 6.45) is 0. The number of ketones is 1. The molecule has 5 aromatic carbocycles. The predicted molar refractivity (Wildman–Crippen MR) is 155 cm³/mol. The van der Waals surface area contributed by atoms with E-state index in [0.717, 1.165) is 33.4 Å². The minimum absolute atomic E-state index is 0.0253. The van der Waals surface area contributed by atoms with Crippen molar-refractivity contribution in [3.63, 3.8) is 0 Å². The molecule has 7 rings (SSSR count). The van der Waals surface area contributed by atoms with Gasteiger partial charge >= 0.3 is 0 Å². The third-order valence-electron chi connectivity index (χ3n) is 7.89. The summed E-state index contributed by atoms with van der Waals surface area (Å²) in [7, 11) is 0. The molecule has 0 saturated carbocycles. The summed E-state index contributed by atoms with van der Waals surface area (Å²) in [4.78, 5) is 22.2. The van der Waals surface area contributed by atoms with Gasteiger partial charge in [0, 0.05) is 22.3 Å². The second-order valence-corrected chi connectivity index (χ2v) is 9.87.